The van der Waals surface area contributed by atoms with Crippen LogP contribution in [-0.4, -0.2) is 23.2 Å². The first-order chi connectivity index (χ1) is 16.8. The number of esters is 1. The molecule has 3 aromatic rings. The molecule has 35 heavy (non-hydrogen) atoms. The van der Waals surface area contributed by atoms with Crippen molar-refractivity contribution in [2.45, 2.75) is 32.9 Å². The van der Waals surface area contributed by atoms with Crippen LogP contribution < -0.4 is 19.6 Å². The Bertz CT molecular complexity index is 1530. The lowest BCUT2D eigenvalue weighted by molar-refractivity contribution is -0.143. The molecule has 1 aliphatic rings. The quantitative estimate of drug-likeness (QED) is 0.433. The van der Waals surface area contributed by atoms with E-state index in [1.165, 1.54) is 11.3 Å². The highest BCUT2D eigenvalue weighted by molar-refractivity contribution is 9.10. The Morgan fingerprint density at radius 2 is 2.03 bits per heavy atom. The molecule has 0 N–H and O–H groups in total. The molecule has 1 aliphatic heterocycles. The Morgan fingerprint density at radius 3 is 2.69 bits per heavy atom. The summed E-state index contributed by atoms with van der Waals surface area (Å²) in [6.07, 6.45) is 1.47. The number of carbonyl (C=O) groups excluding carboxylic acids is 1. The zero-order valence-corrected chi connectivity index (χ0v) is 21.7. The largest absolute Gasteiger partial charge is 0.478 e. The van der Waals surface area contributed by atoms with Gasteiger partial charge in [-0.15, -0.1) is 0 Å². The molecule has 0 radical (unpaired) electrons. The molecular weight excluding hydrogens is 530 g/mol. The number of fused-ring (bicyclic) bond motifs is 1. The first-order valence-corrected chi connectivity index (χ1v) is 12.5. The van der Waals surface area contributed by atoms with Crippen molar-refractivity contribution in [1.82, 2.24) is 4.57 Å². The molecule has 7 nitrogen and oxygen atoms in total. The van der Waals surface area contributed by atoms with E-state index >= 15 is 0 Å². The van der Waals surface area contributed by atoms with Crippen molar-refractivity contribution in [3.63, 3.8) is 0 Å². The molecular formula is C26H22BrN3O4S. The van der Waals surface area contributed by atoms with Crippen LogP contribution in [0.5, 0.6) is 5.75 Å². The topological polar surface area (TPSA) is 93.7 Å². The molecule has 4 rings (SSSR count). The number of nitriles is 1. The number of ether oxygens (including phenoxy) is 2. The summed E-state index contributed by atoms with van der Waals surface area (Å²) in [6.45, 7) is 5.28. The number of thiazole rings is 1. The number of hydrogen-bond donors (Lipinski definition) is 0. The summed E-state index contributed by atoms with van der Waals surface area (Å²) in [4.78, 5) is 31.8. The summed E-state index contributed by atoms with van der Waals surface area (Å²) in [5.41, 5.74) is 2.21. The number of nitrogens with zero attached hydrogens (tertiary/aromatic N) is 3. The number of rotatable bonds is 6. The van der Waals surface area contributed by atoms with Crippen LogP contribution >= 0.6 is 27.3 Å². The average molecular weight is 552 g/mol. The highest BCUT2D eigenvalue weighted by Gasteiger charge is 2.33. The number of halogens is 1. The average Bonchev–Trinajstić information content (AvgIpc) is 3.12. The fourth-order valence-corrected chi connectivity index (χ4v) is 5.35. The first-order valence-electron chi connectivity index (χ1n) is 10.9. The minimum atomic E-state index is -0.644. The molecule has 0 fully saturated rings. The molecule has 0 saturated heterocycles. The second-order valence-electron chi connectivity index (χ2n) is 8.08. The summed E-state index contributed by atoms with van der Waals surface area (Å²) in [5.74, 6) is 0.0550. The van der Waals surface area contributed by atoms with E-state index < -0.39 is 12.0 Å². The van der Waals surface area contributed by atoms with Gasteiger partial charge in [0.2, 0.25) is 0 Å². The van der Waals surface area contributed by atoms with Crippen molar-refractivity contribution in [3.8, 4) is 11.8 Å². The van der Waals surface area contributed by atoms with Crippen LogP contribution in [0.2, 0.25) is 0 Å². The predicted octanol–water partition coefficient (Wildman–Crippen LogP) is 3.85. The van der Waals surface area contributed by atoms with E-state index in [4.69, 9.17) is 14.7 Å². The van der Waals surface area contributed by atoms with Gasteiger partial charge in [0.15, 0.2) is 11.4 Å². The highest BCUT2D eigenvalue weighted by Crippen LogP contribution is 2.31. The maximum absolute atomic E-state index is 13.6. The number of hydrogen-bond acceptors (Lipinski definition) is 7. The Morgan fingerprint density at radius 1 is 1.29 bits per heavy atom. The monoisotopic (exact) mass is 551 g/mol. The van der Waals surface area contributed by atoms with Crippen LogP contribution in [0.1, 0.15) is 37.9 Å². The van der Waals surface area contributed by atoms with Gasteiger partial charge >= 0.3 is 5.97 Å². The van der Waals surface area contributed by atoms with Gasteiger partial charge in [-0.25, -0.2) is 9.79 Å². The van der Waals surface area contributed by atoms with Gasteiger partial charge in [0.1, 0.15) is 11.8 Å². The van der Waals surface area contributed by atoms with E-state index in [0.717, 1.165) is 11.1 Å². The van der Waals surface area contributed by atoms with E-state index in [0.29, 0.717) is 30.8 Å². The van der Waals surface area contributed by atoms with Gasteiger partial charge in [0.05, 0.1) is 32.4 Å². The first kappa shape index (κ1) is 24.6. The summed E-state index contributed by atoms with van der Waals surface area (Å²) in [5, 5.41) is 8.72. The van der Waals surface area contributed by atoms with Crippen LogP contribution in [0.3, 0.4) is 0 Å². The van der Waals surface area contributed by atoms with Crippen molar-refractivity contribution >= 4 is 39.3 Å². The Balaban J connectivity index is 1.85. The van der Waals surface area contributed by atoms with Crippen LogP contribution in [-0.2, 0) is 9.53 Å². The van der Waals surface area contributed by atoms with Gasteiger partial charge in [-0.3, -0.25) is 9.36 Å². The molecule has 0 bridgehead atoms. The molecule has 1 unspecified atom stereocenters. The second-order valence-corrected chi connectivity index (χ2v) is 9.95. The van der Waals surface area contributed by atoms with Gasteiger partial charge < -0.3 is 9.47 Å². The summed E-state index contributed by atoms with van der Waals surface area (Å²) < 4.78 is 13.6. The third-order valence-electron chi connectivity index (χ3n) is 5.25. The normalized spacial score (nSPS) is 15.4. The number of aromatic nitrogens is 1. The van der Waals surface area contributed by atoms with Gasteiger partial charge in [-0.05, 0) is 66.0 Å². The van der Waals surface area contributed by atoms with E-state index in [9.17, 15) is 9.59 Å². The summed E-state index contributed by atoms with van der Waals surface area (Å²) in [6, 6.07) is 16.1. The molecule has 1 atom stereocenters. The lowest BCUT2D eigenvalue weighted by Gasteiger charge is -2.25. The fourth-order valence-electron chi connectivity index (χ4n) is 3.80. The van der Waals surface area contributed by atoms with Crippen LogP contribution in [0, 0.1) is 11.3 Å². The minimum absolute atomic E-state index is 0.0586. The smallest absolute Gasteiger partial charge is 0.338 e. The lowest BCUT2D eigenvalue weighted by Crippen LogP contribution is -2.40. The summed E-state index contributed by atoms with van der Waals surface area (Å²) >= 11 is 4.71. The maximum atomic E-state index is 13.6. The second kappa shape index (κ2) is 10.4. The molecule has 9 heteroatoms. The number of benzene rings is 2. The standard InChI is InChI=1S/C26H22BrN3O4S/c1-15(2)34-25(32)22-16(3)29-26-30(23(22)18-7-5-4-6-8-18)24(31)21(35-26)14-17-9-10-20(19(27)13-17)33-12-11-28/h4-10,13-15,23H,12H2,1-3H3. The van der Waals surface area contributed by atoms with Crippen molar-refractivity contribution in [1.29, 1.82) is 5.26 Å². The lowest BCUT2D eigenvalue weighted by atomic mass is 9.96. The molecule has 0 amide bonds. The predicted molar refractivity (Wildman–Crippen MR) is 137 cm³/mol. The molecule has 1 aromatic heterocycles. The van der Waals surface area contributed by atoms with Crippen molar-refractivity contribution in [2.24, 2.45) is 4.99 Å². The zero-order chi connectivity index (χ0) is 25.1. The van der Waals surface area contributed by atoms with E-state index in [1.54, 1.807) is 43.5 Å². The highest BCUT2D eigenvalue weighted by atomic mass is 79.9. The zero-order valence-electron chi connectivity index (χ0n) is 19.3. The molecule has 178 valence electrons. The Kier molecular flexibility index (Phi) is 7.34. The Hall–Kier alpha value is -3.48. The Labute approximate surface area is 214 Å². The molecule has 0 aliphatic carbocycles. The van der Waals surface area contributed by atoms with Gasteiger partial charge in [0.25, 0.3) is 5.56 Å². The molecule has 2 aromatic carbocycles. The molecule has 0 spiro atoms. The number of carbonyl (C=O) groups is 1. The van der Waals surface area contributed by atoms with Crippen molar-refractivity contribution < 1.29 is 14.3 Å². The third kappa shape index (κ3) is 5.14. The minimum Gasteiger partial charge on any atom is -0.478 e. The van der Waals surface area contributed by atoms with Gasteiger partial charge in [0, 0.05) is 0 Å². The molecule has 0 saturated carbocycles. The summed E-state index contributed by atoms with van der Waals surface area (Å²) in [7, 11) is 0. The van der Waals surface area contributed by atoms with Gasteiger partial charge in [-0.2, -0.15) is 5.26 Å². The van der Waals surface area contributed by atoms with Crippen LogP contribution in [0.4, 0.5) is 0 Å². The van der Waals surface area contributed by atoms with Crippen molar-refractivity contribution in [2.75, 3.05) is 6.61 Å². The van der Waals surface area contributed by atoms with Gasteiger partial charge in [-0.1, -0.05) is 47.7 Å². The van der Waals surface area contributed by atoms with E-state index in [-0.39, 0.29) is 18.3 Å². The fraction of sp³-hybridized carbons (Fsp3) is 0.231. The molecule has 2 heterocycles. The van der Waals surface area contributed by atoms with E-state index in [1.807, 2.05) is 42.5 Å². The van der Waals surface area contributed by atoms with Crippen molar-refractivity contribution in [3.05, 3.63) is 95.1 Å². The SMILES string of the molecule is CC1=C(C(=O)OC(C)C)C(c2ccccc2)n2c(sc(=Cc3ccc(OCC#N)c(Br)c3)c2=O)=N1. The van der Waals surface area contributed by atoms with E-state index in [2.05, 4.69) is 20.9 Å². The maximum Gasteiger partial charge on any atom is 0.338 e. The third-order valence-corrected chi connectivity index (χ3v) is 6.85. The van der Waals surface area contributed by atoms with Crippen LogP contribution in [0.25, 0.3) is 6.08 Å². The number of allylic oxidation sites excluding steroid dienone is 1. The van der Waals surface area contributed by atoms with Crippen LogP contribution in [0.15, 0.2) is 74.1 Å².